The Morgan fingerprint density at radius 1 is 0.679 bits per heavy atom. The Morgan fingerprint density at radius 2 is 1.32 bits per heavy atom. The van der Waals surface area contributed by atoms with Crippen LogP contribution in [0.15, 0.2) is 96.2 Å². The maximum absolute atomic E-state index is 12.3. The lowest BCUT2D eigenvalue weighted by molar-refractivity contribution is -0.142. The van der Waals surface area contributed by atoms with Crippen molar-refractivity contribution in [2.75, 3.05) is 0 Å². The lowest BCUT2D eigenvalue weighted by Gasteiger charge is -2.21. The van der Waals surface area contributed by atoms with Crippen molar-refractivity contribution in [1.82, 2.24) is 0 Å². The Labute approximate surface area is 162 Å². The Balaban J connectivity index is 1.58. The summed E-state index contributed by atoms with van der Waals surface area (Å²) >= 11 is 0. The molecule has 4 aromatic rings. The van der Waals surface area contributed by atoms with Crippen LogP contribution in [0.25, 0.3) is 21.9 Å². The van der Waals surface area contributed by atoms with E-state index in [0.29, 0.717) is 5.71 Å². The van der Waals surface area contributed by atoms with Crippen LogP contribution in [0.5, 0.6) is 0 Å². The molecule has 134 valence electrons. The number of benzene rings is 4. The number of carbonyl (C=O) groups is 1. The standard InChI is InChI=1S/C25H17NO2/c27-23(16-17-8-2-1-3-9-17)28-26-25-21-13-5-4-12-19(21)20-14-6-10-18-11-7-15-22(25)24(18)20/h1-15H,16H2/b26-25-. The van der Waals surface area contributed by atoms with Gasteiger partial charge in [-0.05, 0) is 27.5 Å². The third-order valence-electron chi connectivity index (χ3n) is 5.06. The maximum Gasteiger partial charge on any atom is 0.339 e. The van der Waals surface area contributed by atoms with E-state index in [1.807, 2.05) is 60.7 Å². The van der Waals surface area contributed by atoms with Crippen LogP contribution >= 0.6 is 0 Å². The number of hydrogen-bond acceptors (Lipinski definition) is 3. The number of carbonyl (C=O) groups excluding carboxylic acids is 1. The number of nitrogens with zero attached hydrogens (tertiary/aromatic N) is 1. The van der Waals surface area contributed by atoms with Crippen molar-refractivity contribution in [3.63, 3.8) is 0 Å². The van der Waals surface area contributed by atoms with Crippen LogP contribution in [0.4, 0.5) is 0 Å². The average Bonchev–Trinajstić information content (AvgIpc) is 2.74. The molecule has 0 radical (unpaired) electrons. The highest BCUT2D eigenvalue weighted by molar-refractivity contribution is 6.27. The molecular weight excluding hydrogens is 346 g/mol. The third kappa shape index (κ3) is 2.78. The van der Waals surface area contributed by atoms with E-state index < -0.39 is 0 Å². The van der Waals surface area contributed by atoms with Crippen LogP contribution in [0, 0.1) is 0 Å². The summed E-state index contributed by atoms with van der Waals surface area (Å²) < 4.78 is 0. The largest absolute Gasteiger partial charge is 0.339 e. The molecule has 5 rings (SSSR count). The zero-order valence-corrected chi connectivity index (χ0v) is 15.1. The highest BCUT2D eigenvalue weighted by Gasteiger charge is 2.24. The molecule has 0 N–H and O–H groups in total. The molecule has 0 unspecified atom stereocenters. The highest BCUT2D eigenvalue weighted by atomic mass is 16.7. The van der Waals surface area contributed by atoms with Crippen molar-refractivity contribution in [3.8, 4) is 11.1 Å². The predicted molar refractivity (Wildman–Crippen MR) is 111 cm³/mol. The first-order valence-corrected chi connectivity index (χ1v) is 9.25. The van der Waals surface area contributed by atoms with Crippen molar-refractivity contribution in [3.05, 3.63) is 108 Å². The third-order valence-corrected chi connectivity index (χ3v) is 5.06. The minimum atomic E-state index is -0.373. The molecule has 3 nitrogen and oxygen atoms in total. The van der Waals surface area contributed by atoms with E-state index in [9.17, 15) is 4.79 Å². The van der Waals surface area contributed by atoms with Crippen LogP contribution in [-0.2, 0) is 16.1 Å². The fourth-order valence-corrected chi connectivity index (χ4v) is 3.82. The van der Waals surface area contributed by atoms with Gasteiger partial charge >= 0.3 is 5.97 Å². The number of hydrogen-bond donors (Lipinski definition) is 0. The first-order valence-electron chi connectivity index (χ1n) is 9.25. The van der Waals surface area contributed by atoms with Gasteiger partial charge in [0.2, 0.25) is 0 Å². The number of fused-ring (bicyclic) bond motifs is 2. The molecule has 0 spiro atoms. The van der Waals surface area contributed by atoms with Gasteiger partial charge in [-0.3, -0.25) is 0 Å². The maximum atomic E-state index is 12.3. The fourth-order valence-electron chi connectivity index (χ4n) is 3.82. The van der Waals surface area contributed by atoms with Crippen LogP contribution in [0.3, 0.4) is 0 Å². The van der Waals surface area contributed by atoms with Gasteiger partial charge in [0.1, 0.15) is 5.71 Å². The molecule has 0 atom stereocenters. The first-order chi connectivity index (χ1) is 13.8. The monoisotopic (exact) mass is 363 g/mol. The van der Waals surface area contributed by atoms with E-state index in [0.717, 1.165) is 33.0 Å². The van der Waals surface area contributed by atoms with Gasteiger partial charge < -0.3 is 4.84 Å². The smallest absolute Gasteiger partial charge is 0.317 e. The molecule has 0 bridgehead atoms. The second-order valence-corrected chi connectivity index (χ2v) is 6.82. The molecule has 3 heteroatoms. The minimum absolute atomic E-state index is 0.194. The lowest BCUT2D eigenvalue weighted by atomic mass is 9.82. The quantitative estimate of drug-likeness (QED) is 0.320. The summed E-state index contributed by atoms with van der Waals surface area (Å²) in [5, 5.41) is 6.60. The van der Waals surface area contributed by atoms with Crippen molar-refractivity contribution >= 4 is 22.5 Å². The molecule has 0 saturated carbocycles. The van der Waals surface area contributed by atoms with Crippen LogP contribution in [0.2, 0.25) is 0 Å². The van der Waals surface area contributed by atoms with Crippen molar-refractivity contribution < 1.29 is 9.63 Å². The second kappa shape index (κ2) is 6.78. The summed E-state index contributed by atoms with van der Waals surface area (Å²) in [6.45, 7) is 0. The minimum Gasteiger partial charge on any atom is -0.317 e. The molecule has 0 fully saturated rings. The van der Waals surface area contributed by atoms with E-state index in [4.69, 9.17) is 4.84 Å². The first kappa shape index (κ1) is 16.5. The van der Waals surface area contributed by atoms with Crippen molar-refractivity contribution in [1.29, 1.82) is 0 Å². The van der Waals surface area contributed by atoms with Crippen molar-refractivity contribution in [2.45, 2.75) is 6.42 Å². The molecule has 4 aromatic carbocycles. The Bertz CT molecular complexity index is 1220. The summed E-state index contributed by atoms with van der Waals surface area (Å²) in [4.78, 5) is 17.7. The zero-order chi connectivity index (χ0) is 18.9. The Morgan fingerprint density at radius 3 is 2.11 bits per heavy atom. The molecule has 1 aliphatic carbocycles. The summed E-state index contributed by atoms with van der Waals surface area (Å²) in [6, 6.07) is 30.1. The number of rotatable bonds is 3. The van der Waals surface area contributed by atoms with Crippen LogP contribution in [0.1, 0.15) is 16.7 Å². The average molecular weight is 363 g/mol. The van der Waals surface area contributed by atoms with Gasteiger partial charge in [-0.25, -0.2) is 4.79 Å². The molecule has 1 aliphatic rings. The molecular formula is C25H17NO2. The van der Waals surface area contributed by atoms with Gasteiger partial charge in [0, 0.05) is 11.1 Å². The van der Waals surface area contributed by atoms with E-state index in [1.165, 1.54) is 5.56 Å². The van der Waals surface area contributed by atoms with Crippen LogP contribution in [-0.4, -0.2) is 11.7 Å². The number of oxime groups is 1. The zero-order valence-electron chi connectivity index (χ0n) is 15.1. The van der Waals surface area contributed by atoms with Crippen LogP contribution < -0.4 is 0 Å². The SMILES string of the molecule is O=C(Cc1ccccc1)O/N=C1/c2ccccc2-c2cccc3cccc1c23. The molecule has 28 heavy (non-hydrogen) atoms. The second-order valence-electron chi connectivity index (χ2n) is 6.82. The topological polar surface area (TPSA) is 38.7 Å². The van der Waals surface area contributed by atoms with Crippen molar-refractivity contribution in [2.24, 2.45) is 5.16 Å². The van der Waals surface area contributed by atoms with Gasteiger partial charge in [0.25, 0.3) is 0 Å². The van der Waals surface area contributed by atoms with E-state index in [-0.39, 0.29) is 12.4 Å². The summed E-state index contributed by atoms with van der Waals surface area (Å²) in [6.07, 6.45) is 0.194. The van der Waals surface area contributed by atoms with E-state index in [1.54, 1.807) is 0 Å². The highest BCUT2D eigenvalue weighted by Crippen LogP contribution is 2.39. The normalized spacial score (nSPS) is 13.4. The fraction of sp³-hybridized carbons (Fsp3) is 0.0400. The summed E-state index contributed by atoms with van der Waals surface area (Å²) in [5.41, 5.74) is 5.84. The van der Waals surface area contributed by atoms with Gasteiger partial charge in [0.05, 0.1) is 6.42 Å². The molecule has 0 saturated heterocycles. The van der Waals surface area contributed by atoms with Gasteiger partial charge in [0.15, 0.2) is 0 Å². The molecule has 0 amide bonds. The van der Waals surface area contributed by atoms with Gasteiger partial charge in [-0.15, -0.1) is 0 Å². The molecule has 0 aromatic heterocycles. The summed E-state index contributed by atoms with van der Waals surface area (Å²) in [7, 11) is 0. The predicted octanol–water partition coefficient (Wildman–Crippen LogP) is 5.36. The molecule has 0 aliphatic heterocycles. The molecule has 0 heterocycles. The van der Waals surface area contributed by atoms with Gasteiger partial charge in [-0.1, -0.05) is 96.2 Å². The van der Waals surface area contributed by atoms with E-state index in [2.05, 4.69) is 35.5 Å². The van der Waals surface area contributed by atoms with E-state index >= 15 is 0 Å². The lowest BCUT2D eigenvalue weighted by Crippen LogP contribution is -2.13. The Kier molecular flexibility index (Phi) is 3.99. The van der Waals surface area contributed by atoms with Gasteiger partial charge in [-0.2, -0.15) is 0 Å². The summed E-state index contributed by atoms with van der Waals surface area (Å²) in [5.74, 6) is -0.373. The Hall–Kier alpha value is -3.72.